The van der Waals surface area contributed by atoms with Gasteiger partial charge in [-0.3, -0.25) is 0 Å². The SMILES string of the molecule is N#CC(C#N)=CNc1ccc2cnoc2c1. The largest absolute Gasteiger partial charge is 0.360 e. The summed E-state index contributed by atoms with van der Waals surface area (Å²) in [6.45, 7) is 0. The van der Waals surface area contributed by atoms with Gasteiger partial charge in [0.05, 0.1) is 6.20 Å². The molecule has 0 spiro atoms. The van der Waals surface area contributed by atoms with Gasteiger partial charge in [0.15, 0.2) is 5.58 Å². The number of benzene rings is 1. The molecule has 16 heavy (non-hydrogen) atoms. The molecule has 76 valence electrons. The molecule has 0 aliphatic heterocycles. The Morgan fingerprint density at radius 1 is 1.38 bits per heavy atom. The first-order valence-corrected chi connectivity index (χ1v) is 4.45. The molecule has 1 aromatic carbocycles. The van der Waals surface area contributed by atoms with Crippen molar-refractivity contribution in [1.29, 1.82) is 10.5 Å². The van der Waals surface area contributed by atoms with Gasteiger partial charge in [-0.05, 0) is 12.1 Å². The molecule has 1 aromatic heterocycles. The van der Waals surface area contributed by atoms with E-state index in [-0.39, 0.29) is 5.57 Å². The third-order valence-electron chi connectivity index (χ3n) is 1.98. The van der Waals surface area contributed by atoms with Crippen LogP contribution in [0.4, 0.5) is 5.69 Å². The Kier molecular flexibility index (Phi) is 2.53. The van der Waals surface area contributed by atoms with E-state index in [1.54, 1.807) is 24.4 Å². The lowest BCUT2D eigenvalue weighted by Gasteiger charge is -1.98. The number of nitrogens with one attached hydrogen (secondary N) is 1. The summed E-state index contributed by atoms with van der Waals surface area (Å²) in [7, 11) is 0. The number of hydrogen-bond donors (Lipinski definition) is 1. The maximum atomic E-state index is 8.53. The van der Waals surface area contributed by atoms with Crippen LogP contribution in [-0.2, 0) is 0 Å². The minimum Gasteiger partial charge on any atom is -0.360 e. The summed E-state index contributed by atoms with van der Waals surface area (Å²) in [5.41, 5.74) is 1.39. The summed E-state index contributed by atoms with van der Waals surface area (Å²) < 4.78 is 4.98. The van der Waals surface area contributed by atoms with Crippen LogP contribution >= 0.6 is 0 Å². The Balaban J connectivity index is 2.26. The summed E-state index contributed by atoms with van der Waals surface area (Å²) in [6.07, 6.45) is 2.96. The van der Waals surface area contributed by atoms with Gasteiger partial charge in [0.25, 0.3) is 0 Å². The second-order valence-electron chi connectivity index (χ2n) is 3.00. The number of fused-ring (bicyclic) bond motifs is 1. The molecular formula is C11H6N4O. The Morgan fingerprint density at radius 3 is 2.94 bits per heavy atom. The van der Waals surface area contributed by atoms with E-state index >= 15 is 0 Å². The highest BCUT2D eigenvalue weighted by molar-refractivity contribution is 5.80. The van der Waals surface area contributed by atoms with Crippen molar-refractivity contribution in [3.63, 3.8) is 0 Å². The number of anilines is 1. The van der Waals surface area contributed by atoms with Gasteiger partial charge in [-0.2, -0.15) is 10.5 Å². The smallest absolute Gasteiger partial charge is 0.168 e. The van der Waals surface area contributed by atoms with Crippen LogP contribution in [-0.4, -0.2) is 5.16 Å². The molecule has 0 fully saturated rings. The molecule has 0 saturated heterocycles. The molecular weight excluding hydrogens is 204 g/mol. The highest BCUT2D eigenvalue weighted by atomic mass is 16.5. The molecule has 1 N–H and O–H groups in total. The van der Waals surface area contributed by atoms with Crippen molar-refractivity contribution < 1.29 is 4.52 Å². The van der Waals surface area contributed by atoms with E-state index in [0.29, 0.717) is 5.58 Å². The van der Waals surface area contributed by atoms with Gasteiger partial charge < -0.3 is 9.84 Å². The molecule has 5 nitrogen and oxygen atoms in total. The van der Waals surface area contributed by atoms with E-state index in [2.05, 4.69) is 10.5 Å². The van der Waals surface area contributed by atoms with Crippen molar-refractivity contribution >= 4 is 16.7 Å². The predicted molar refractivity (Wildman–Crippen MR) is 56.9 cm³/mol. The molecule has 0 saturated carbocycles. The van der Waals surface area contributed by atoms with Gasteiger partial charge in [-0.25, -0.2) is 0 Å². The zero-order valence-corrected chi connectivity index (χ0v) is 8.14. The third-order valence-corrected chi connectivity index (χ3v) is 1.98. The fourth-order valence-electron chi connectivity index (χ4n) is 1.19. The Labute approximate surface area is 91.2 Å². The standard InChI is InChI=1S/C11H6N4O/c12-4-8(5-13)6-14-10-2-1-9-7-15-16-11(9)3-10/h1-3,6-7,14H. The number of hydrogen-bond acceptors (Lipinski definition) is 5. The fraction of sp³-hybridized carbons (Fsp3) is 0. The summed E-state index contributed by atoms with van der Waals surface area (Å²) in [4.78, 5) is 0. The van der Waals surface area contributed by atoms with Crippen LogP contribution in [0.5, 0.6) is 0 Å². The van der Waals surface area contributed by atoms with E-state index in [0.717, 1.165) is 11.1 Å². The fourth-order valence-corrected chi connectivity index (χ4v) is 1.19. The maximum Gasteiger partial charge on any atom is 0.168 e. The lowest BCUT2D eigenvalue weighted by molar-refractivity contribution is 0.456. The molecule has 2 aromatic rings. The topological polar surface area (TPSA) is 85.6 Å². The van der Waals surface area contributed by atoms with Crippen LogP contribution in [0.2, 0.25) is 0 Å². The molecule has 0 bridgehead atoms. The van der Waals surface area contributed by atoms with Crippen LogP contribution in [0.3, 0.4) is 0 Å². The second-order valence-corrected chi connectivity index (χ2v) is 3.00. The van der Waals surface area contributed by atoms with E-state index in [9.17, 15) is 0 Å². The first kappa shape index (κ1) is 9.75. The number of nitrogens with zero attached hydrogens (tertiary/aromatic N) is 3. The molecule has 0 atom stereocenters. The van der Waals surface area contributed by atoms with Gasteiger partial charge in [-0.15, -0.1) is 0 Å². The molecule has 2 rings (SSSR count). The lowest BCUT2D eigenvalue weighted by atomic mass is 10.2. The zero-order valence-electron chi connectivity index (χ0n) is 8.14. The molecule has 0 unspecified atom stereocenters. The zero-order chi connectivity index (χ0) is 11.4. The molecule has 0 amide bonds. The number of rotatable bonds is 2. The Hall–Kier alpha value is -2.79. The Bertz CT molecular complexity index is 611. The molecule has 5 heteroatoms. The Morgan fingerprint density at radius 2 is 2.19 bits per heavy atom. The average molecular weight is 210 g/mol. The quantitative estimate of drug-likeness (QED) is 0.767. The van der Waals surface area contributed by atoms with Crippen molar-refractivity contribution in [3.05, 3.63) is 36.2 Å². The van der Waals surface area contributed by atoms with E-state index in [1.165, 1.54) is 6.20 Å². The van der Waals surface area contributed by atoms with Gasteiger partial charge in [0, 0.05) is 23.3 Å². The van der Waals surface area contributed by atoms with Crippen LogP contribution < -0.4 is 5.32 Å². The summed E-state index contributed by atoms with van der Waals surface area (Å²) in [5, 5.41) is 24.4. The van der Waals surface area contributed by atoms with Gasteiger partial charge in [0.1, 0.15) is 17.7 Å². The van der Waals surface area contributed by atoms with Gasteiger partial charge >= 0.3 is 0 Å². The highest BCUT2D eigenvalue weighted by Crippen LogP contribution is 2.18. The van der Waals surface area contributed by atoms with Crippen molar-refractivity contribution in [3.8, 4) is 12.1 Å². The summed E-state index contributed by atoms with van der Waals surface area (Å²) in [5.74, 6) is 0. The minimum absolute atomic E-state index is 0.0117. The van der Waals surface area contributed by atoms with Crippen molar-refractivity contribution in [2.24, 2.45) is 0 Å². The first-order chi connectivity index (χ1) is 7.83. The molecule has 0 aliphatic rings. The third kappa shape index (κ3) is 1.84. The van der Waals surface area contributed by atoms with Gasteiger partial charge in [-0.1, -0.05) is 5.16 Å². The number of nitriles is 2. The van der Waals surface area contributed by atoms with Crippen LogP contribution in [0.1, 0.15) is 0 Å². The van der Waals surface area contributed by atoms with Crippen LogP contribution in [0.25, 0.3) is 11.0 Å². The number of allylic oxidation sites excluding steroid dienone is 1. The van der Waals surface area contributed by atoms with E-state index in [4.69, 9.17) is 15.0 Å². The van der Waals surface area contributed by atoms with Crippen LogP contribution in [0, 0.1) is 22.7 Å². The highest BCUT2D eigenvalue weighted by Gasteiger charge is 1.99. The van der Waals surface area contributed by atoms with Crippen LogP contribution in [0.15, 0.2) is 40.7 Å². The normalized spacial score (nSPS) is 9.12. The number of aromatic nitrogens is 1. The maximum absolute atomic E-state index is 8.53. The molecule has 0 radical (unpaired) electrons. The average Bonchev–Trinajstić information content (AvgIpc) is 2.77. The monoisotopic (exact) mass is 210 g/mol. The minimum atomic E-state index is 0.0117. The van der Waals surface area contributed by atoms with Crippen molar-refractivity contribution in [2.45, 2.75) is 0 Å². The molecule has 1 heterocycles. The van der Waals surface area contributed by atoms with Crippen molar-refractivity contribution in [1.82, 2.24) is 5.16 Å². The second kappa shape index (κ2) is 4.16. The predicted octanol–water partition coefficient (Wildman–Crippen LogP) is 2.17. The van der Waals surface area contributed by atoms with E-state index < -0.39 is 0 Å². The van der Waals surface area contributed by atoms with Gasteiger partial charge in [0.2, 0.25) is 0 Å². The van der Waals surface area contributed by atoms with E-state index in [1.807, 2.05) is 12.1 Å². The summed E-state index contributed by atoms with van der Waals surface area (Å²) in [6, 6.07) is 8.89. The first-order valence-electron chi connectivity index (χ1n) is 4.45. The van der Waals surface area contributed by atoms with Crippen molar-refractivity contribution in [2.75, 3.05) is 5.32 Å². The molecule has 0 aliphatic carbocycles. The summed E-state index contributed by atoms with van der Waals surface area (Å²) >= 11 is 0. The lowest BCUT2D eigenvalue weighted by Crippen LogP contribution is -1.88.